The van der Waals surface area contributed by atoms with E-state index < -0.39 is 0 Å². The molecule has 2 aliphatic rings. The van der Waals surface area contributed by atoms with E-state index >= 15 is 0 Å². The SMILES string of the molecule is CCCN1CC(NC(=O)c2cn(C3CCC(N)CC3)nn2)CC1=O. The lowest BCUT2D eigenvalue weighted by molar-refractivity contribution is -0.127. The maximum absolute atomic E-state index is 12.3. The van der Waals surface area contributed by atoms with Crippen LogP contribution in [0.4, 0.5) is 0 Å². The number of nitrogens with zero attached hydrogens (tertiary/aromatic N) is 4. The van der Waals surface area contributed by atoms with E-state index in [0.29, 0.717) is 18.7 Å². The van der Waals surface area contributed by atoms with Crippen LogP contribution < -0.4 is 11.1 Å². The molecule has 1 aromatic heterocycles. The molecule has 2 amide bonds. The first kappa shape index (κ1) is 16.9. The number of carbonyl (C=O) groups is 2. The van der Waals surface area contributed by atoms with Crippen molar-refractivity contribution in [3.63, 3.8) is 0 Å². The van der Waals surface area contributed by atoms with Crippen molar-refractivity contribution in [1.29, 1.82) is 0 Å². The van der Waals surface area contributed by atoms with E-state index in [9.17, 15) is 9.59 Å². The molecule has 2 heterocycles. The molecule has 1 aliphatic carbocycles. The fraction of sp³-hybridized carbons (Fsp3) is 0.750. The second-order valence-electron chi connectivity index (χ2n) is 6.87. The Morgan fingerprint density at radius 1 is 1.38 bits per heavy atom. The Labute approximate surface area is 141 Å². The van der Waals surface area contributed by atoms with Crippen LogP contribution in [-0.4, -0.2) is 56.9 Å². The van der Waals surface area contributed by atoms with Crippen LogP contribution in [0.1, 0.15) is 62.0 Å². The smallest absolute Gasteiger partial charge is 0.273 e. The molecular weight excluding hydrogens is 308 g/mol. The molecule has 8 heteroatoms. The third-order valence-corrected chi connectivity index (χ3v) is 4.90. The average Bonchev–Trinajstić information content (AvgIpc) is 3.16. The third-order valence-electron chi connectivity index (χ3n) is 4.90. The molecule has 1 atom stereocenters. The molecule has 0 spiro atoms. The highest BCUT2D eigenvalue weighted by Crippen LogP contribution is 2.26. The Balaban J connectivity index is 1.55. The minimum Gasteiger partial charge on any atom is -0.346 e. The van der Waals surface area contributed by atoms with Crippen LogP contribution in [0.3, 0.4) is 0 Å². The number of hydrogen-bond acceptors (Lipinski definition) is 5. The predicted octanol–water partition coefficient (Wildman–Crippen LogP) is 0.461. The zero-order valence-electron chi connectivity index (χ0n) is 14.1. The van der Waals surface area contributed by atoms with Crippen LogP contribution in [0.25, 0.3) is 0 Å². The Bertz CT molecular complexity index is 593. The number of nitrogens with one attached hydrogen (secondary N) is 1. The molecule has 3 rings (SSSR count). The van der Waals surface area contributed by atoms with Gasteiger partial charge in [-0.1, -0.05) is 12.1 Å². The van der Waals surface area contributed by atoms with E-state index in [0.717, 1.165) is 38.6 Å². The fourth-order valence-corrected chi connectivity index (χ4v) is 3.54. The topological polar surface area (TPSA) is 106 Å². The van der Waals surface area contributed by atoms with Gasteiger partial charge >= 0.3 is 0 Å². The quantitative estimate of drug-likeness (QED) is 0.814. The molecule has 2 fully saturated rings. The first-order valence-electron chi connectivity index (χ1n) is 8.83. The summed E-state index contributed by atoms with van der Waals surface area (Å²) in [5, 5.41) is 11.0. The maximum atomic E-state index is 12.3. The molecule has 3 N–H and O–H groups in total. The molecule has 1 aliphatic heterocycles. The van der Waals surface area contributed by atoms with Gasteiger partial charge in [-0.05, 0) is 32.1 Å². The molecule has 132 valence electrons. The summed E-state index contributed by atoms with van der Waals surface area (Å²) in [6.07, 6.45) is 6.87. The van der Waals surface area contributed by atoms with Crippen molar-refractivity contribution in [1.82, 2.24) is 25.2 Å². The summed E-state index contributed by atoms with van der Waals surface area (Å²) < 4.78 is 1.78. The summed E-state index contributed by atoms with van der Waals surface area (Å²) in [5.41, 5.74) is 6.23. The lowest BCUT2D eigenvalue weighted by Crippen LogP contribution is -2.37. The minimum absolute atomic E-state index is 0.101. The van der Waals surface area contributed by atoms with Gasteiger partial charge in [-0.3, -0.25) is 9.59 Å². The van der Waals surface area contributed by atoms with Gasteiger partial charge in [0.05, 0.1) is 18.3 Å². The van der Waals surface area contributed by atoms with Crippen molar-refractivity contribution in [3.8, 4) is 0 Å². The minimum atomic E-state index is -0.259. The van der Waals surface area contributed by atoms with Gasteiger partial charge in [-0.2, -0.15) is 0 Å². The van der Waals surface area contributed by atoms with Crippen molar-refractivity contribution in [2.24, 2.45) is 5.73 Å². The Morgan fingerprint density at radius 2 is 2.12 bits per heavy atom. The van der Waals surface area contributed by atoms with E-state index in [-0.39, 0.29) is 29.9 Å². The fourth-order valence-electron chi connectivity index (χ4n) is 3.54. The number of carbonyl (C=O) groups excluding carboxylic acids is 2. The maximum Gasteiger partial charge on any atom is 0.273 e. The molecule has 24 heavy (non-hydrogen) atoms. The van der Waals surface area contributed by atoms with Crippen molar-refractivity contribution in [2.75, 3.05) is 13.1 Å². The number of rotatable bonds is 5. The summed E-state index contributed by atoms with van der Waals surface area (Å²) >= 11 is 0. The highest BCUT2D eigenvalue weighted by Gasteiger charge is 2.31. The van der Waals surface area contributed by atoms with Gasteiger partial charge in [0.2, 0.25) is 5.91 Å². The number of nitrogens with two attached hydrogens (primary N) is 1. The predicted molar refractivity (Wildman–Crippen MR) is 88.2 cm³/mol. The van der Waals surface area contributed by atoms with Gasteiger partial charge in [0.1, 0.15) is 0 Å². The zero-order valence-corrected chi connectivity index (χ0v) is 14.1. The monoisotopic (exact) mass is 334 g/mol. The van der Waals surface area contributed by atoms with Crippen LogP contribution in [0.2, 0.25) is 0 Å². The van der Waals surface area contributed by atoms with Gasteiger partial charge in [0.25, 0.3) is 5.91 Å². The van der Waals surface area contributed by atoms with E-state index in [4.69, 9.17) is 5.73 Å². The first-order chi connectivity index (χ1) is 11.6. The van der Waals surface area contributed by atoms with Gasteiger partial charge in [0, 0.05) is 25.6 Å². The number of aromatic nitrogens is 3. The normalized spacial score (nSPS) is 27.5. The molecule has 1 unspecified atom stereocenters. The number of likely N-dealkylation sites (tertiary alicyclic amines) is 1. The standard InChI is InChI=1S/C16H26N6O2/c1-2-7-21-9-12(8-15(21)23)18-16(24)14-10-22(20-19-14)13-5-3-11(17)4-6-13/h10-13H,2-9,17H2,1H3,(H,18,24). The molecule has 0 radical (unpaired) electrons. The summed E-state index contributed by atoms with van der Waals surface area (Å²) in [6.45, 7) is 3.36. The summed E-state index contributed by atoms with van der Waals surface area (Å²) in [7, 11) is 0. The highest BCUT2D eigenvalue weighted by atomic mass is 16.2. The molecule has 0 bridgehead atoms. The van der Waals surface area contributed by atoms with Crippen LogP contribution in [-0.2, 0) is 4.79 Å². The van der Waals surface area contributed by atoms with E-state index in [1.54, 1.807) is 15.8 Å². The van der Waals surface area contributed by atoms with Crippen LogP contribution in [0, 0.1) is 0 Å². The Morgan fingerprint density at radius 3 is 2.83 bits per heavy atom. The molecule has 8 nitrogen and oxygen atoms in total. The van der Waals surface area contributed by atoms with Crippen molar-refractivity contribution < 1.29 is 9.59 Å². The summed E-state index contributed by atoms with van der Waals surface area (Å²) in [5.74, 6) is -0.158. The van der Waals surface area contributed by atoms with Crippen LogP contribution in [0.15, 0.2) is 6.20 Å². The molecule has 0 aromatic carbocycles. The number of hydrogen-bond donors (Lipinski definition) is 2. The van der Waals surface area contributed by atoms with Gasteiger partial charge in [-0.15, -0.1) is 5.10 Å². The van der Waals surface area contributed by atoms with E-state index in [2.05, 4.69) is 15.6 Å². The molecule has 1 aromatic rings. The summed E-state index contributed by atoms with van der Waals surface area (Å²) in [6, 6.07) is 0.403. The van der Waals surface area contributed by atoms with Gasteiger partial charge in [0.15, 0.2) is 5.69 Å². The molecular formula is C16H26N6O2. The first-order valence-corrected chi connectivity index (χ1v) is 8.83. The van der Waals surface area contributed by atoms with Crippen molar-refractivity contribution in [3.05, 3.63) is 11.9 Å². The Hall–Kier alpha value is -1.96. The second-order valence-corrected chi connectivity index (χ2v) is 6.87. The van der Waals surface area contributed by atoms with Crippen molar-refractivity contribution in [2.45, 2.75) is 63.6 Å². The largest absolute Gasteiger partial charge is 0.346 e. The highest BCUT2D eigenvalue weighted by molar-refractivity contribution is 5.93. The molecule has 1 saturated carbocycles. The van der Waals surface area contributed by atoms with E-state index in [1.165, 1.54) is 0 Å². The van der Waals surface area contributed by atoms with Crippen LogP contribution in [0.5, 0.6) is 0 Å². The van der Waals surface area contributed by atoms with E-state index in [1.807, 2.05) is 6.92 Å². The lowest BCUT2D eigenvalue weighted by atomic mass is 9.92. The van der Waals surface area contributed by atoms with Gasteiger partial charge < -0.3 is 16.0 Å². The van der Waals surface area contributed by atoms with Crippen LogP contribution >= 0.6 is 0 Å². The zero-order chi connectivity index (χ0) is 17.1. The lowest BCUT2D eigenvalue weighted by Gasteiger charge is -2.25. The number of amides is 2. The van der Waals surface area contributed by atoms with Gasteiger partial charge in [-0.25, -0.2) is 4.68 Å². The summed E-state index contributed by atoms with van der Waals surface area (Å²) in [4.78, 5) is 26.0. The second kappa shape index (κ2) is 7.29. The molecule has 1 saturated heterocycles. The van der Waals surface area contributed by atoms with Crippen molar-refractivity contribution >= 4 is 11.8 Å². The Kier molecular flexibility index (Phi) is 5.13. The third kappa shape index (κ3) is 3.75. The average molecular weight is 334 g/mol.